The summed E-state index contributed by atoms with van der Waals surface area (Å²) >= 11 is 0. The van der Waals surface area contributed by atoms with E-state index < -0.39 is 5.60 Å². The Bertz CT molecular complexity index is 568. The molecule has 0 aliphatic carbocycles. The number of benzene rings is 1. The van der Waals surface area contributed by atoms with E-state index in [4.69, 9.17) is 4.74 Å². The molecule has 0 saturated carbocycles. The van der Waals surface area contributed by atoms with Crippen LogP contribution in [0, 0.1) is 5.41 Å². The number of para-hydroxylation sites is 1. The minimum Gasteiger partial charge on any atom is -0.443 e. The summed E-state index contributed by atoms with van der Waals surface area (Å²) in [6.45, 7) is 14.7. The highest BCUT2D eigenvalue weighted by Crippen LogP contribution is 2.33. The summed E-state index contributed by atoms with van der Waals surface area (Å²) in [4.78, 5) is 14.3. The smallest absolute Gasteiger partial charge is 0.414 e. The number of amides is 1. The molecule has 1 amide bonds. The number of nitrogens with one attached hydrogen (secondary N) is 1. The molecule has 1 heterocycles. The van der Waals surface area contributed by atoms with Crippen LogP contribution in [0.5, 0.6) is 0 Å². The highest BCUT2D eigenvalue weighted by atomic mass is 16.6. The summed E-state index contributed by atoms with van der Waals surface area (Å²) in [6.07, 6.45) is 0.640. The average Bonchev–Trinajstić information content (AvgIpc) is 2.80. The zero-order chi connectivity index (χ0) is 17.3. The molecular formula is C19H30N2O2. The minimum atomic E-state index is -0.473. The Balaban J connectivity index is 2.15. The molecule has 0 radical (unpaired) electrons. The molecule has 0 fully saturated rings. The van der Waals surface area contributed by atoms with Crippen LogP contribution in [0.15, 0.2) is 18.2 Å². The molecule has 0 bridgehead atoms. The summed E-state index contributed by atoms with van der Waals surface area (Å²) in [7, 11) is 0. The number of anilines is 1. The van der Waals surface area contributed by atoms with Gasteiger partial charge < -0.3 is 10.1 Å². The van der Waals surface area contributed by atoms with E-state index in [2.05, 4.69) is 44.3 Å². The molecule has 0 aromatic heterocycles. The predicted molar refractivity (Wildman–Crippen MR) is 94.9 cm³/mol. The minimum absolute atomic E-state index is 0.239. The van der Waals surface area contributed by atoms with Gasteiger partial charge in [-0.1, -0.05) is 39.0 Å². The molecule has 0 saturated heterocycles. The third-order valence-electron chi connectivity index (χ3n) is 3.66. The van der Waals surface area contributed by atoms with E-state index in [1.165, 1.54) is 5.56 Å². The predicted octanol–water partition coefficient (Wildman–Crippen LogP) is 4.12. The van der Waals surface area contributed by atoms with Crippen LogP contribution < -0.4 is 10.2 Å². The Morgan fingerprint density at radius 3 is 2.52 bits per heavy atom. The quantitative estimate of drug-likeness (QED) is 0.911. The van der Waals surface area contributed by atoms with Crippen molar-refractivity contribution in [1.29, 1.82) is 0 Å². The number of fused-ring (bicyclic) bond motifs is 1. The molecule has 128 valence electrons. The number of ether oxygens (including phenoxy) is 1. The fraction of sp³-hybridized carbons (Fsp3) is 0.632. The molecule has 23 heavy (non-hydrogen) atoms. The molecule has 1 aliphatic heterocycles. The lowest BCUT2D eigenvalue weighted by molar-refractivity contribution is 0.0583. The van der Waals surface area contributed by atoms with E-state index in [0.717, 1.165) is 30.8 Å². The van der Waals surface area contributed by atoms with Crippen LogP contribution in [-0.4, -0.2) is 24.8 Å². The Morgan fingerprint density at radius 1 is 1.22 bits per heavy atom. The lowest BCUT2D eigenvalue weighted by Gasteiger charge is -2.26. The number of carbonyl (C=O) groups is 1. The second-order valence-electron chi connectivity index (χ2n) is 8.47. The molecule has 1 aliphatic rings. The Labute approximate surface area is 140 Å². The molecule has 2 rings (SSSR count). The number of nitrogens with zero attached hydrogens (tertiary/aromatic N) is 1. The molecule has 0 atom stereocenters. The number of rotatable bonds is 3. The van der Waals surface area contributed by atoms with Crippen molar-refractivity contribution < 1.29 is 9.53 Å². The molecule has 0 spiro atoms. The van der Waals surface area contributed by atoms with E-state index in [-0.39, 0.29) is 11.5 Å². The zero-order valence-electron chi connectivity index (χ0n) is 15.3. The van der Waals surface area contributed by atoms with Crippen molar-refractivity contribution >= 4 is 11.8 Å². The van der Waals surface area contributed by atoms with E-state index >= 15 is 0 Å². The molecule has 4 nitrogen and oxygen atoms in total. The third-order valence-corrected chi connectivity index (χ3v) is 3.66. The SMILES string of the molecule is CC(C)(C)CNCc1cccc2c1N(C(=O)OC(C)(C)C)CC2. The molecular weight excluding hydrogens is 288 g/mol. The highest BCUT2D eigenvalue weighted by molar-refractivity contribution is 5.91. The maximum absolute atomic E-state index is 12.5. The fourth-order valence-corrected chi connectivity index (χ4v) is 2.75. The Kier molecular flexibility index (Phi) is 5.04. The lowest BCUT2D eigenvalue weighted by atomic mass is 9.97. The summed E-state index contributed by atoms with van der Waals surface area (Å²) in [5, 5.41) is 3.50. The normalized spacial score (nSPS) is 14.8. The van der Waals surface area contributed by atoms with E-state index in [0.29, 0.717) is 6.54 Å². The second kappa shape index (κ2) is 6.52. The first-order valence-corrected chi connectivity index (χ1v) is 8.39. The van der Waals surface area contributed by atoms with Crippen LogP contribution in [0.3, 0.4) is 0 Å². The van der Waals surface area contributed by atoms with Crippen molar-refractivity contribution in [3.63, 3.8) is 0 Å². The average molecular weight is 318 g/mol. The first kappa shape index (κ1) is 17.8. The van der Waals surface area contributed by atoms with Crippen LogP contribution in [0.25, 0.3) is 0 Å². The van der Waals surface area contributed by atoms with Gasteiger partial charge in [0.25, 0.3) is 0 Å². The zero-order valence-corrected chi connectivity index (χ0v) is 15.3. The van der Waals surface area contributed by atoms with Gasteiger partial charge in [-0.2, -0.15) is 0 Å². The lowest BCUT2D eigenvalue weighted by Crippen LogP contribution is -2.36. The van der Waals surface area contributed by atoms with Crippen LogP contribution in [0.1, 0.15) is 52.7 Å². The van der Waals surface area contributed by atoms with Gasteiger partial charge in [-0.3, -0.25) is 4.90 Å². The van der Waals surface area contributed by atoms with Gasteiger partial charge in [-0.25, -0.2) is 4.79 Å². The van der Waals surface area contributed by atoms with Gasteiger partial charge in [0.1, 0.15) is 5.60 Å². The first-order chi connectivity index (χ1) is 10.6. The summed E-state index contributed by atoms with van der Waals surface area (Å²) in [6, 6.07) is 6.27. The molecule has 1 aromatic carbocycles. The third kappa shape index (κ3) is 4.96. The topological polar surface area (TPSA) is 41.6 Å². The van der Waals surface area contributed by atoms with Gasteiger partial charge in [-0.15, -0.1) is 0 Å². The Morgan fingerprint density at radius 2 is 1.91 bits per heavy atom. The number of carbonyl (C=O) groups excluding carboxylic acids is 1. The van der Waals surface area contributed by atoms with Crippen molar-refractivity contribution in [1.82, 2.24) is 5.32 Å². The standard InChI is InChI=1S/C19H30N2O2/c1-18(2,3)13-20-12-15-9-7-8-14-10-11-21(16(14)15)17(22)23-19(4,5)6/h7-9,20H,10-13H2,1-6H3. The van der Waals surface area contributed by atoms with Gasteiger partial charge in [0.15, 0.2) is 0 Å². The summed E-state index contributed by atoms with van der Waals surface area (Å²) in [5.41, 5.74) is 3.19. The van der Waals surface area contributed by atoms with Gasteiger partial charge in [0.05, 0.1) is 5.69 Å². The molecule has 4 heteroatoms. The Hall–Kier alpha value is -1.55. The highest BCUT2D eigenvalue weighted by Gasteiger charge is 2.30. The maximum atomic E-state index is 12.5. The maximum Gasteiger partial charge on any atom is 0.414 e. The first-order valence-electron chi connectivity index (χ1n) is 8.39. The second-order valence-corrected chi connectivity index (χ2v) is 8.47. The van der Waals surface area contributed by atoms with E-state index in [1.807, 2.05) is 20.8 Å². The van der Waals surface area contributed by atoms with Crippen molar-refractivity contribution in [2.75, 3.05) is 18.0 Å². The number of hydrogen-bond donors (Lipinski definition) is 1. The van der Waals surface area contributed by atoms with Crippen molar-refractivity contribution in [2.24, 2.45) is 5.41 Å². The van der Waals surface area contributed by atoms with Crippen LogP contribution in [0.4, 0.5) is 10.5 Å². The molecule has 1 N–H and O–H groups in total. The fourth-order valence-electron chi connectivity index (χ4n) is 2.75. The summed E-state index contributed by atoms with van der Waals surface area (Å²) in [5.74, 6) is 0. The number of hydrogen-bond acceptors (Lipinski definition) is 3. The van der Waals surface area contributed by atoms with Crippen molar-refractivity contribution in [3.05, 3.63) is 29.3 Å². The van der Waals surface area contributed by atoms with Gasteiger partial charge in [-0.05, 0) is 43.7 Å². The van der Waals surface area contributed by atoms with Crippen LogP contribution in [0.2, 0.25) is 0 Å². The van der Waals surface area contributed by atoms with Crippen LogP contribution >= 0.6 is 0 Å². The largest absolute Gasteiger partial charge is 0.443 e. The molecule has 1 aromatic rings. The van der Waals surface area contributed by atoms with E-state index in [1.54, 1.807) is 4.90 Å². The van der Waals surface area contributed by atoms with Crippen LogP contribution in [-0.2, 0) is 17.7 Å². The van der Waals surface area contributed by atoms with E-state index in [9.17, 15) is 4.79 Å². The summed E-state index contributed by atoms with van der Waals surface area (Å²) < 4.78 is 5.56. The van der Waals surface area contributed by atoms with Crippen molar-refractivity contribution in [3.8, 4) is 0 Å². The van der Waals surface area contributed by atoms with Crippen molar-refractivity contribution in [2.45, 2.75) is 60.1 Å². The van der Waals surface area contributed by atoms with Gasteiger partial charge >= 0.3 is 6.09 Å². The van der Waals surface area contributed by atoms with Gasteiger partial charge in [0, 0.05) is 19.6 Å². The van der Waals surface area contributed by atoms with Gasteiger partial charge in [0.2, 0.25) is 0 Å². The molecule has 0 unspecified atom stereocenters. The monoisotopic (exact) mass is 318 g/mol.